The fourth-order valence-corrected chi connectivity index (χ4v) is 4.12. The van der Waals surface area contributed by atoms with Gasteiger partial charge in [-0.1, -0.05) is 19.8 Å². The number of hydrogen-bond acceptors (Lipinski definition) is 5. The first-order chi connectivity index (χ1) is 9.09. The van der Waals surface area contributed by atoms with E-state index in [4.69, 9.17) is 0 Å². The van der Waals surface area contributed by atoms with Crippen LogP contribution in [0, 0.1) is 0 Å². The van der Waals surface area contributed by atoms with Crippen molar-refractivity contribution >= 4 is 16.0 Å². The van der Waals surface area contributed by atoms with Crippen LogP contribution in [0.4, 0.5) is 5.95 Å². The SMILES string of the molecule is CCN(C1CCCC1)S(=O)(=O)c1cnc(NC)nc1. The van der Waals surface area contributed by atoms with Gasteiger partial charge in [0.25, 0.3) is 0 Å². The highest BCUT2D eigenvalue weighted by atomic mass is 32.2. The largest absolute Gasteiger partial charge is 0.357 e. The third kappa shape index (κ3) is 2.87. The fraction of sp³-hybridized carbons (Fsp3) is 0.667. The van der Waals surface area contributed by atoms with Crippen LogP contribution in [0.1, 0.15) is 32.6 Å². The van der Waals surface area contributed by atoms with Gasteiger partial charge in [0.15, 0.2) is 0 Å². The van der Waals surface area contributed by atoms with Crippen LogP contribution in [0.5, 0.6) is 0 Å². The Hall–Kier alpha value is -1.21. The maximum Gasteiger partial charge on any atom is 0.246 e. The van der Waals surface area contributed by atoms with Crippen LogP contribution in [0.15, 0.2) is 17.3 Å². The average Bonchev–Trinajstić information content (AvgIpc) is 2.93. The minimum absolute atomic E-state index is 0.124. The van der Waals surface area contributed by atoms with Crippen LogP contribution < -0.4 is 5.32 Å². The molecule has 0 aliphatic heterocycles. The molecule has 0 atom stereocenters. The van der Waals surface area contributed by atoms with E-state index in [2.05, 4.69) is 15.3 Å². The molecular formula is C12H20N4O2S. The summed E-state index contributed by atoms with van der Waals surface area (Å²) in [5, 5.41) is 2.77. The number of nitrogens with zero attached hydrogens (tertiary/aromatic N) is 3. The summed E-state index contributed by atoms with van der Waals surface area (Å²) in [6, 6.07) is 0.124. The van der Waals surface area contributed by atoms with Gasteiger partial charge in [-0.3, -0.25) is 0 Å². The van der Waals surface area contributed by atoms with E-state index < -0.39 is 10.0 Å². The molecule has 2 rings (SSSR count). The maximum atomic E-state index is 12.6. The molecule has 1 aromatic rings. The number of anilines is 1. The Balaban J connectivity index is 2.27. The Labute approximate surface area is 114 Å². The molecule has 19 heavy (non-hydrogen) atoms. The van der Waals surface area contributed by atoms with Crippen molar-refractivity contribution in [2.75, 3.05) is 18.9 Å². The molecule has 1 aliphatic carbocycles. The van der Waals surface area contributed by atoms with E-state index >= 15 is 0 Å². The summed E-state index contributed by atoms with van der Waals surface area (Å²) in [5.41, 5.74) is 0. The summed E-state index contributed by atoms with van der Waals surface area (Å²) in [6.45, 7) is 2.36. The molecule has 1 fully saturated rings. The van der Waals surface area contributed by atoms with Gasteiger partial charge in [-0.2, -0.15) is 4.31 Å². The van der Waals surface area contributed by atoms with Gasteiger partial charge in [-0.05, 0) is 12.8 Å². The minimum Gasteiger partial charge on any atom is -0.357 e. The third-order valence-corrected chi connectivity index (χ3v) is 5.48. The molecule has 1 saturated carbocycles. The molecule has 0 bridgehead atoms. The highest BCUT2D eigenvalue weighted by molar-refractivity contribution is 7.89. The molecule has 1 heterocycles. The van der Waals surface area contributed by atoms with Crippen molar-refractivity contribution in [3.63, 3.8) is 0 Å². The molecule has 0 amide bonds. The van der Waals surface area contributed by atoms with E-state index in [-0.39, 0.29) is 10.9 Å². The Kier molecular flexibility index (Phi) is 4.36. The van der Waals surface area contributed by atoms with Crippen molar-refractivity contribution in [2.24, 2.45) is 0 Å². The summed E-state index contributed by atoms with van der Waals surface area (Å²) < 4.78 is 26.7. The van der Waals surface area contributed by atoms with Gasteiger partial charge in [0.2, 0.25) is 16.0 Å². The molecule has 1 aliphatic rings. The van der Waals surface area contributed by atoms with Crippen LogP contribution in [-0.2, 0) is 10.0 Å². The second kappa shape index (κ2) is 5.83. The standard InChI is InChI=1S/C12H20N4O2S/c1-3-16(10-6-4-5-7-10)19(17,18)11-8-14-12(13-2)15-9-11/h8-10H,3-7H2,1-2H3,(H,13,14,15). The first kappa shape index (κ1) is 14.2. The van der Waals surface area contributed by atoms with Gasteiger partial charge < -0.3 is 5.32 Å². The number of aromatic nitrogens is 2. The number of sulfonamides is 1. The minimum atomic E-state index is -3.48. The number of hydrogen-bond donors (Lipinski definition) is 1. The van der Waals surface area contributed by atoms with Crippen LogP contribution in [0.25, 0.3) is 0 Å². The molecule has 7 heteroatoms. The quantitative estimate of drug-likeness (QED) is 0.886. The van der Waals surface area contributed by atoms with Gasteiger partial charge in [0.1, 0.15) is 4.90 Å². The van der Waals surface area contributed by atoms with Crippen molar-refractivity contribution < 1.29 is 8.42 Å². The van der Waals surface area contributed by atoms with E-state index in [0.29, 0.717) is 12.5 Å². The lowest BCUT2D eigenvalue weighted by Crippen LogP contribution is -2.38. The van der Waals surface area contributed by atoms with Gasteiger partial charge in [-0.15, -0.1) is 0 Å². The number of rotatable bonds is 5. The Morgan fingerprint density at radius 1 is 1.32 bits per heavy atom. The van der Waals surface area contributed by atoms with E-state index in [1.165, 1.54) is 12.4 Å². The molecule has 1 aromatic heterocycles. The summed E-state index contributed by atoms with van der Waals surface area (Å²) in [6.07, 6.45) is 6.83. The van der Waals surface area contributed by atoms with Crippen LogP contribution in [0.2, 0.25) is 0 Å². The highest BCUT2D eigenvalue weighted by Gasteiger charge is 2.32. The predicted molar refractivity (Wildman–Crippen MR) is 73.4 cm³/mol. The smallest absolute Gasteiger partial charge is 0.246 e. The summed E-state index contributed by atoms with van der Waals surface area (Å²) in [4.78, 5) is 8.12. The van der Waals surface area contributed by atoms with Crippen molar-refractivity contribution in [2.45, 2.75) is 43.5 Å². The lowest BCUT2D eigenvalue weighted by molar-refractivity contribution is 0.335. The van der Waals surface area contributed by atoms with Gasteiger partial charge in [0, 0.05) is 19.6 Å². The number of nitrogens with one attached hydrogen (secondary N) is 1. The highest BCUT2D eigenvalue weighted by Crippen LogP contribution is 2.28. The molecule has 1 N–H and O–H groups in total. The second-order valence-electron chi connectivity index (χ2n) is 4.64. The van der Waals surface area contributed by atoms with Crippen molar-refractivity contribution in [3.05, 3.63) is 12.4 Å². The molecule has 0 aromatic carbocycles. The zero-order valence-electron chi connectivity index (χ0n) is 11.3. The van der Waals surface area contributed by atoms with Gasteiger partial charge >= 0.3 is 0 Å². The van der Waals surface area contributed by atoms with E-state index in [9.17, 15) is 8.42 Å². The summed E-state index contributed by atoms with van der Waals surface area (Å²) in [7, 11) is -1.78. The van der Waals surface area contributed by atoms with E-state index in [0.717, 1.165) is 25.7 Å². The van der Waals surface area contributed by atoms with E-state index in [1.807, 2.05) is 6.92 Å². The first-order valence-electron chi connectivity index (χ1n) is 6.61. The first-order valence-corrected chi connectivity index (χ1v) is 8.05. The van der Waals surface area contributed by atoms with Gasteiger partial charge in [-0.25, -0.2) is 18.4 Å². The molecule has 0 spiro atoms. The fourth-order valence-electron chi connectivity index (χ4n) is 2.53. The Bertz CT molecular complexity index is 509. The Morgan fingerprint density at radius 2 is 1.89 bits per heavy atom. The lowest BCUT2D eigenvalue weighted by Gasteiger charge is -2.26. The monoisotopic (exact) mass is 284 g/mol. The van der Waals surface area contributed by atoms with Crippen LogP contribution >= 0.6 is 0 Å². The molecule has 0 saturated heterocycles. The van der Waals surface area contributed by atoms with Gasteiger partial charge in [0.05, 0.1) is 12.4 Å². The summed E-state index contributed by atoms with van der Waals surface area (Å²) in [5.74, 6) is 0.419. The van der Waals surface area contributed by atoms with Crippen LogP contribution in [-0.4, -0.2) is 42.3 Å². The molecule has 6 nitrogen and oxygen atoms in total. The van der Waals surface area contributed by atoms with Crippen molar-refractivity contribution in [1.29, 1.82) is 0 Å². The van der Waals surface area contributed by atoms with Crippen LogP contribution in [0.3, 0.4) is 0 Å². The Morgan fingerprint density at radius 3 is 2.37 bits per heavy atom. The zero-order chi connectivity index (χ0) is 13.9. The second-order valence-corrected chi connectivity index (χ2v) is 6.53. The maximum absolute atomic E-state index is 12.6. The zero-order valence-corrected chi connectivity index (χ0v) is 12.2. The predicted octanol–water partition coefficient (Wildman–Crippen LogP) is 1.47. The van der Waals surface area contributed by atoms with Crippen molar-refractivity contribution in [1.82, 2.24) is 14.3 Å². The normalized spacial score (nSPS) is 17.0. The molecule has 0 unspecified atom stereocenters. The average molecular weight is 284 g/mol. The molecule has 106 valence electrons. The molecule has 0 radical (unpaired) electrons. The third-order valence-electron chi connectivity index (χ3n) is 3.50. The van der Waals surface area contributed by atoms with E-state index in [1.54, 1.807) is 11.4 Å². The van der Waals surface area contributed by atoms with Crippen molar-refractivity contribution in [3.8, 4) is 0 Å². The molecular weight excluding hydrogens is 264 g/mol. The summed E-state index contributed by atoms with van der Waals surface area (Å²) >= 11 is 0. The topological polar surface area (TPSA) is 75.2 Å². The lowest BCUT2D eigenvalue weighted by atomic mass is 10.2.